The highest BCUT2D eigenvalue weighted by Crippen LogP contribution is 2.24. The first-order chi connectivity index (χ1) is 14.7. The summed E-state index contributed by atoms with van der Waals surface area (Å²) in [7, 11) is -3.68. The third-order valence-corrected chi connectivity index (χ3v) is 7.68. The first-order valence-corrected chi connectivity index (χ1v) is 12.5. The third kappa shape index (κ3) is 5.53. The van der Waals surface area contributed by atoms with Crippen molar-refractivity contribution in [3.8, 4) is 0 Å². The molecule has 1 fully saturated rings. The SMILES string of the molecule is CSc1nc(C)c(CCC(=O)Nc2ccc(C)c(S(=O)(=O)N3CCOCC3)c2)c(=O)[nH]1. The molecule has 1 aliphatic rings. The van der Waals surface area contributed by atoms with Crippen LogP contribution in [0.15, 0.2) is 33.0 Å². The Kier molecular flexibility index (Phi) is 7.52. The van der Waals surface area contributed by atoms with Crippen LogP contribution >= 0.6 is 11.8 Å². The Bertz CT molecular complexity index is 1120. The van der Waals surface area contributed by atoms with Crippen molar-refractivity contribution in [2.24, 2.45) is 0 Å². The summed E-state index contributed by atoms with van der Waals surface area (Å²) in [5.41, 5.74) is 1.80. The second-order valence-electron chi connectivity index (χ2n) is 7.18. The van der Waals surface area contributed by atoms with Crippen molar-refractivity contribution in [2.45, 2.75) is 36.7 Å². The van der Waals surface area contributed by atoms with Gasteiger partial charge in [0.05, 0.1) is 18.1 Å². The molecule has 11 heteroatoms. The van der Waals surface area contributed by atoms with Crippen LogP contribution < -0.4 is 10.9 Å². The van der Waals surface area contributed by atoms with Crippen molar-refractivity contribution in [1.82, 2.24) is 14.3 Å². The number of aromatic nitrogens is 2. The Morgan fingerprint density at radius 2 is 2.00 bits per heavy atom. The topological polar surface area (TPSA) is 121 Å². The first kappa shape index (κ1) is 23.5. The van der Waals surface area contributed by atoms with Gasteiger partial charge in [0.15, 0.2) is 5.16 Å². The van der Waals surface area contributed by atoms with Gasteiger partial charge in [0, 0.05) is 36.5 Å². The molecule has 3 rings (SSSR count). The quantitative estimate of drug-likeness (QED) is 0.470. The van der Waals surface area contributed by atoms with Crippen LogP contribution in [0.5, 0.6) is 0 Å². The van der Waals surface area contributed by atoms with E-state index in [1.165, 1.54) is 22.1 Å². The summed E-state index contributed by atoms with van der Waals surface area (Å²) in [6.07, 6.45) is 2.13. The van der Waals surface area contributed by atoms with Crippen LogP contribution in [-0.2, 0) is 26.0 Å². The van der Waals surface area contributed by atoms with Gasteiger partial charge in [-0.05, 0) is 44.2 Å². The summed E-state index contributed by atoms with van der Waals surface area (Å²) in [5, 5.41) is 3.26. The number of ether oxygens (including phenoxy) is 1. The number of amides is 1. The van der Waals surface area contributed by atoms with Gasteiger partial charge in [-0.15, -0.1) is 0 Å². The number of carbonyl (C=O) groups excluding carboxylic acids is 1. The fraction of sp³-hybridized carbons (Fsp3) is 0.450. The predicted molar refractivity (Wildman–Crippen MR) is 119 cm³/mol. The minimum atomic E-state index is -3.68. The van der Waals surface area contributed by atoms with E-state index in [2.05, 4.69) is 15.3 Å². The summed E-state index contributed by atoms with van der Waals surface area (Å²) >= 11 is 1.34. The molecular weight excluding hydrogens is 440 g/mol. The van der Waals surface area contributed by atoms with Crippen LogP contribution in [0.1, 0.15) is 23.2 Å². The number of anilines is 1. The lowest BCUT2D eigenvalue weighted by Gasteiger charge is -2.26. The smallest absolute Gasteiger partial charge is 0.254 e. The molecule has 0 bridgehead atoms. The van der Waals surface area contributed by atoms with Crippen LogP contribution in [0, 0.1) is 13.8 Å². The zero-order chi connectivity index (χ0) is 22.6. The van der Waals surface area contributed by atoms with E-state index in [0.717, 1.165) is 0 Å². The van der Waals surface area contributed by atoms with E-state index in [9.17, 15) is 18.0 Å². The highest BCUT2D eigenvalue weighted by Gasteiger charge is 2.28. The van der Waals surface area contributed by atoms with Crippen molar-refractivity contribution in [2.75, 3.05) is 37.9 Å². The maximum absolute atomic E-state index is 13.0. The van der Waals surface area contributed by atoms with Gasteiger partial charge in [-0.25, -0.2) is 13.4 Å². The van der Waals surface area contributed by atoms with Gasteiger partial charge >= 0.3 is 0 Å². The summed E-state index contributed by atoms with van der Waals surface area (Å²) in [6.45, 7) is 4.79. The van der Waals surface area contributed by atoms with Crippen molar-refractivity contribution in [1.29, 1.82) is 0 Å². The molecule has 168 valence electrons. The van der Waals surface area contributed by atoms with Gasteiger partial charge in [0.1, 0.15) is 0 Å². The molecule has 0 spiro atoms. The molecule has 0 aliphatic carbocycles. The summed E-state index contributed by atoms with van der Waals surface area (Å²) < 4.78 is 32.6. The fourth-order valence-electron chi connectivity index (χ4n) is 3.32. The molecule has 0 atom stereocenters. The molecular formula is C20H26N4O5S2. The Morgan fingerprint density at radius 1 is 1.29 bits per heavy atom. The van der Waals surface area contributed by atoms with Crippen LogP contribution in [0.3, 0.4) is 0 Å². The lowest BCUT2D eigenvalue weighted by atomic mass is 10.1. The zero-order valence-electron chi connectivity index (χ0n) is 17.7. The lowest BCUT2D eigenvalue weighted by molar-refractivity contribution is -0.116. The molecule has 0 radical (unpaired) electrons. The van der Waals surface area contributed by atoms with E-state index in [0.29, 0.717) is 54.0 Å². The van der Waals surface area contributed by atoms with Gasteiger partial charge < -0.3 is 15.0 Å². The van der Waals surface area contributed by atoms with Gasteiger partial charge in [-0.2, -0.15) is 4.31 Å². The number of nitrogens with zero attached hydrogens (tertiary/aromatic N) is 2. The molecule has 2 heterocycles. The monoisotopic (exact) mass is 466 g/mol. The minimum Gasteiger partial charge on any atom is -0.379 e. The molecule has 1 amide bonds. The number of rotatable bonds is 7. The summed E-state index contributed by atoms with van der Waals surface area (Å²) in [6, 6.07) is 4.81. The van der Waals surface area contributed by atoms with Crippen molar-refractivity contribution < 1.29 is 17.9 Å². The van der Waals surface area contributed by atoms with Crippen molar-refractivity contribution in [3.05, 3.63) is 45.4 Å². The Labute approximate surface area is 185 Å². The fourth-order valence-corrected chi connectivity index (χ4v) is 5.40. The van der Waals surface area contributed by atoms with E-state index in [1.54, 1.807) is 26.0 Å². The average Bonchev–Trinajstić information content (AvgIpc) is 2.74. The number of aryl methyl sites for hydroxylation is 2. The number of benzene rings is 1. The van der Waals surface area contributed by atoms with Crippen molar-refractivity contribution in [3.63, 3.8) is 0 Å². The molecule has 1 saturated heterocycles. The number of H-pyrrole nitrogens is 1. The van der Waals surface area contributed by atoms with Gasteiger partial charge in [0.2, 0.25) is 15.9 Å². The van der Waals surface area contributed by atoms with E-state index in [-0.39, 0.29) is 29.2 Å². The summed E-state index contributed by atoms with van der Waals surface area (Å²) in [5.74, 6) is -0.314. The van der Waals surface area contributed by atoms with E-state index >= 15 is 0 Å². The number of nitrogens with one attached hydrogen (secondary N) is 2. The van der Waals surface area contributed by atoms with Crippen molar-refractivity contribution >= 4 is 33.4 Å². The first-order valence-electron chi connectivity index (χ1n) is 9.84. The molecule has 2 aromatic rings. The van der Waals surface area contributed by atoms with Crippen LogP contribution in [0.2, 0.25) is 0 Å². The zero-order valence-corrected chi connectivity index (χ0v) is 19.4. The van der Waals surface area contributed by atoms with Gasteiger partial charge in [-0.1, -0.05) is 17.8 Å². The van der Waals surface area contributed by atoms with E-state index in [4.69, 9.17) is 4.74 Å². The molecule has 0 unspecified atom stereocenters. The van der Waals surface area contributed by atoms with Gasteiger partial charge in [-0.3, -0.25) is 9.59 Å². The number of thioether (sulfide) groups is 1. The second kappa shape index (κ2) is 9.94. The highest BCUT2D eigenvalue weighted by atomic mass is 32.2. The molecule has 1 aromatic heterocycles. The molecule has 1 aromatic carbocycles. The largest absolute Gasteiger partial charge is 0.379 e. The molecule has 2 N–H and O–H groups in total. The van der Waals surface area contributed by atoms with Crippen LogP contribution in [0.25, 0.3) is 0 Å². The number of hydrogen-bond donors (Lipinski definition) is 2. The van der Waals surface area contributed by atoms with E-state index in [1.807, 2.05) is 6.26 Å². The molecule has 0 saturated carbocycles. The maximum atomic E-state index is 13.0. The molecule has 31 heavy (non-hydrogen) atoms. The highest BCUT2D eigenvalue weighted by molar-refractivity contribution is 7.98. The predicted octanol–water partition coefficient (Wildman–Crippen LogP) is 1.70. The Hall–Kier alpha value is -2.21. The number of sulfonamides is 1. The standard InChI is InChI=1S/C20H26N4O5S2/c1-13-4-5-15(12-17(13)31(27,28)24-8-10-29-11-9-24)22-18(25)7-6-16-14(2)21-20(30-3)23-19(16)26/h4-5,12H,6-11H2,1-3H3,(H,22,25)(H,21,23,26). The number of hydrogen-bond acceptors (Lipinski definition) is 7. The number of aromatic amines is 1. The van der Waals surface area contributed by atoms with Crippen LogP contribution in [-0.4, -0.2) is 61.2 Å². The van der Waals surface area contributed by atoms with Crippen LogP contribution in [0.4, 0.5) is 5.69 Å². The number of carbonyl (C=O) groups is 1. The molecule has 1 aliphatic heterocycles. The van der Waals surface area contributed by atoms with Gasteiger partial charge in [0.25, 0.3) is 5.56 Å². The lowest BCUT2D eigenvalue weighted by Crippen LogP contribution is -2.40. The Balaban J connectivity index is 1.71. The minimum absolute atomic E-state index is 0.0731. The maximum Gasteiger partial charge on any atom is 0.254 e. The Morgan fingerprint density at radius 3 is 2.65 bits per heavy atom. The number of morpholine rings is 1. The summed E-state index contributed by atoms with van der Waals surface area (Å²) in [4.78, 5) is 31.8. The third-order valence-electron chi connectivity index (χ3n) is 5.06. The van der Waals surface area contributed by atoms with E-state index < -0.39 is 10.0 Å². The second-order valence-corrected chi connectivity index (χ2v) is 9.89. The average molecular weight is 467 g/mol. The normalized spacial score (nSPS) is 15.1. The molecule has 9 nitrogen and oxygen atoms in total.